The predicted octanol–water partition coefficient (Wildman–Crippen LogP) is 3.90. The van der Waals surface area contributed by atoms with Gasteiger partial charge in [-0.1, -0.05) is 18.2 Å². The fraction of sp³-hybridized carbons (Fsp3) is 0.389. The summed E-state index contributed by atoms with van der Waals surface area (Å²) in [5.74, 6) is 0. The van der Waals surface area contributed by atoms with Crippen molar-refractivity contribution in [2.45, 2.75) is 46.9 Å². The highest BCUT2D eigenvalue weighted by atomic mass is 79.9. The molecule has 0 bridgehead atoms. The lowest BCUT2D eigenvalue weighted by Crippen LogP contribution is -2.24. The topological polar surface area (TPSA) is 43.0 Å². The Labute approximate surface area is 144 Å². The van der Waals surface area contributed by atoms with E-state index in [1.807, 2.05) is 24.6 Å². The molecular formula is C18H22BrN3O. The van der Waals surface area contributed by atoms with Crippen molar-refractivity contribution in [2.75, 3.05) is 0 Å². The van der Waals surface area contributed by atoms with Gasteiger partial charge in [-0.3, -0.25) is 4.68 Å². The maximum atomic E-state index is 10.6. The first kappa shape index (κ1) is 16.3. The van der Waals surface area contributed by atoms with Crippen molar-refractivity contribution < 1.29 is 5.11 Å². The molecule has 5 heteroatoms. The summed E-state index contributed by atoms with van der Waals surface area (Å²) in [5.41, 5.74) is 5.66. The molecule has 0 fully saturated rings. The van der Waals surface area contributed by atoms with Crippen LogP contribution in [0.3, 0.4) is 0 Å². The van der Waals surface area contributed by atoms with Crippen molar-refractivity contribution in [2.24, 2.45) is 0 Å². The molecule has 1 aromatic carbocycles. The Bertz CT molecular complexity index is 863. The minimum Gasteiger partial charge on any atom is -0.389 e. The number of fused-ring (bicyclic) bond motifs is 1. The molecule has 0 amide bonds. The van der Waals surface area contributed by atoms with Crippen LogP contribution in [0.25, 0.3) is 10.9 Å². The number of hydrogen-bond donors (Lipinski definition) is 1. The Hall–Kier alpha value is -1.59. The first-order valence-corrected chi connectivity index (χ1v) is 8.61. The number of benzene rings is 1. The molecule has 3 rings (SSSR count). The molecule has 4 nitrogen and oxygen atoms in total. The maximum absolute atomic E-state index is 10.6. The van der Waals surface area contributed by atoms with Gasteiger partial charge in [0, 0.05) is 22.3 Å². The number of aliphatic hydroxyl groups excluding tert-OH is 1. The maximum Gasteiger partial charge on any atom is 0.0914 e. The standard InChI is InChI=1S/C18H22BrN3O/c1-11-13(3)21(17-8-6-5-7-16(11)17)9-15(23)10-22-14(4)18(19)12(2)20-22/h5-8,15,23H,9-10H2,1-4H3/t15-/m1/s1. The van der Waals surface area contributed by atoms with E-state index in [2.05, 4.69) is 57.6 Å². The molecule has 2 heterocycles. The van der Waals surface area contributed by atoms with E-state index in [4.69, 9.17) is 0 Å². The number of hydrogen-bond acceptors (Lipinski definition) is 2. The molecular weight excluding hydrogens is 354 g/mol. The summed E-state index contributed by atoms with van der Waals surface area (Å²) >= 11 is 3.53. The lowest BCUT2D eigenvalue weighted by molar-refractivity contribution is 0.130. The third-order valence-electron chi connectivity index (χ3n) is 4.62. The van der Waals surface area contributed by atoms with Crippen LogP contribution >= 0.6 is 15.9 Å². The Kier molecular flexibility index (Phi) is 4.34. The van der Waals surface area contributed by atoms with Gasteiger partial charge in [-0.15, -0.1) is 0 Å². The molecule has 0 spiro atoms. The van der Waals surface area contributed by atoms with Crippen LogP contribution in [0, 0.1) is 27.7 Å². The smallest absolute Gasteiger partial charge is 0.0914 e. The molecule has 23 heavy (non-hydrogen) atoms. The quantitative estimate of drug-likeness (QED) is 0.751. The summed E-state index contributed by atoms with van der Waals surface area (Å²) in [6, 6.07) is 8.35. The van der Waals surface area contributed by atoms with E-state index in [0.29, 0.717) is 13.1 Å². The van der Waals surface area contributed by atoms with Gasteiger partial charge in [0.2, 0.25) is 0 Å². The molecule has 122 valence electrons. The van der Waals surface area contributed by atoms with Gasteiger partial charge in [-0.05, 0) is 55.3 Å². The Morgan fingerprint density at radius 3 is 2.43 bits per heavy atom. The number of aliphatic hydroxyl groups is 1. The van der Waals surface area contributed by atoms with E-state index in [1.54, 1.807) is 0 Å². The Morgan fingerprint density at radius 1 is 1.09 bits per heavy atom. The molecule has 0 aliphatic carbocycles. The van der Waals surface area contributed by atoms with Crippen molar-refractivity contribution in [3.05, 3.63) is 51.4 Å². The normalized spacial score (nSPS) is 13.0. The summed E-state index contributed by atoms with van der Waals surface area (Å²) in [4.78, 5) is 0. The van der Waals surface area contributed by atoms with Crippen LogP contribution in [0.4, 0.5) is 0 Å². The molecule has 0 radical (unpaired) electrons. The molecule has 1 atom stereocenters. The van der Waals surface area contributed by atoms with Gasteiger partial charge in [-0.25, -0.2) is 0 Å². The first-order valence-electron chi connectivity index (χ1n) is 7.82. The summed E-state index contributed by atoms with van der Waals surface area (Å²) in [5, 5.41) is 16.3. The van der Waals surface area contributed by atoms with E-state index >= 15 is 0 Å². The van der Waals surface area contributed by atoms with Crippen LogP contribution in [0.5, 0.6) is 0 Å². The van der Waals surface area contributed by atoms with Crippen molar-refractivity contribution in [1.29, 1.82) is 0 Å². The number of aromatic nitrogens is 3. The van der Waals surface area contributed by atoms with E-state index in [1.165, 1.54) is 22.2 Å². The number of aryl methyl sites for hydroxylation is 2. The monoisotopic (exact) mass is 375 g/mol. The fourth-order valence-corrected chi connectivity index (χ4v) is 3.44. The second-order valence-corrected chi connectivity index (χ2v) is 6.95. The fourth-order valence-electron chi connectivity index (χ4n) is 3.16. The lowest BCUT2D eigenvalue weighted by atomic mass is 10.2. The molecule has 3 aromatic rings. The molecule has 0 saturated heterocycles. The van der Waals surface area contributed by atoms with Crippen molar-refractivity contribution >= 4 is 26.8 Å². The lowest BCUT2D eigenvalue weighted by Gasteiger charge is -2.15. The second-order valence-electron chi connectivity index (χ2n) is 6.16. The van der Waals surface area contributed by atoms with Crippen LogP contribution in [-0.2, 0) is 13.1 Å². The van der Waals surface area contributed by atoms with Crippen molar-refractivity contribution in [3.63, 3.8) is 0 Å². The molecule has 2 aromatic heterocycles. The second kappa shape index (κ2) is 6.13. The van der Waals surface area contributed by atoms with Crippen molar-refractivity contribution in [1.82, 2.24) is 14.3 Å². The minimum atomic E-state index is -0.492. The number of rotatable bonds is 4. The van der Waals surface area contributed by atoms with Gasteiger partial charge in [0.15, 0.2) is 0 Å². The third-order valence-corrected chi connectivity index (χ3v) is 5.76. The van der Waals surface area contributed by atoms with Crippen LogP contribution in [-0.4, -0.2) is 25.6 Å². The minimum absolute atomic E-state index is 0.489. The number of para-hydroxylation sites is 1. The molecule has 0 unspecified atom stereocenters. The SMILES string of the molecule is Cc1nn(C[C@H](O)Cn2c(C)c(C)c3ccccc32)c(C)c1Br. The zero-order chi connectivity index (χ0) is 16.7. The largest absolute Gasteiger partial charge is 0.389 e. The zero-order valence-corrected chi connectivity index (χ0v) is 15.6. The highest BCUT2D eigenvalue weighted by molar-refractivity contribution is 9.10. The van der Waals surface area contributed by atoms with E-state index in [9.17, 15) is 5.11 Å². The van der Waals surface area contributed by atoms with E-state index < -0.39 is 6.10 Å². The zero-order valence-electron chi connectivity index (χ0n) is 14.0. The van der Waals surface area contributed by atoms with Crippen molar-refractivity contribution in [3.8, 4) is 0 Å². The van der Waals surface area contributed by atoms with Crippen LogP contribution in [0.15, 0.2) is 28.7 Å². The first-order chi connectivity index (χ1) is 10.9. The van der Waals surface area contributed by atoms with Crippen LogP contribution in [0.1, 0.15) is 22.6 Å². The highest BCUT2D eigenvalue weighted by Gasteiger charge is 2.16. The summed E-state index contributed by atoms with van der Waals surface area (Å²) in [6.07, 6.45) is -0.492. The number of nitrogens with zero attached hydrogens (tertiary/aromatic N) is 3. The summed E-state index contributed by atoms with van der Waals surface area (Å²) in [6.45, 7) is 9.28. The van der Waals surface area contributed by atoms with Gasteiger partial charge >= 0.3 is 0 Å². The predicted molar refractivity (Wildman–Crippen MR) is 96.8 cm³/mol. The molecule has 0 aliphatic rings. The average Bonchev–Trinajstić information content (AvgIpc) is 2.91. The van der Waals surface area contributed by atoms with Gasteiger partial charge in [0.25, 0.3) is 0 Å². The molecule has 0 saturated carbocycles. The van der Waals surface area contributed by atoms with Crippen LogP contribution in [0.2, 0.25) is 0 Å². The number of halogens is 1. The van der Waals surface area contributed by atoms with E-state index in [-0.39, 0.29) is 0 Å². The highest BCUT2D eigenvalue weighted by Crippen LogP contribution is 2.25. The van der Waals surface area contributed by atoms with E-state index in [0.717, 1.165) is 15.9 Å². The summed E-state index contributed by atoms with van der Waals surface area (Å²) in [7, 11) is 0. The molecule has 0 aliphatic heterocycles. The Morgan fingerprint density at radius 2 is 1.78 bits per heavy atom. The van der Waals surface area contributed by atoms with Gasteiger partial charge in [0.05, 0.1) is 29.4 Å². The van der Waals surface area contributed by atoms with Gasteiger partial charge in [-0.2, -0.15) is 5.10 Å². The summed E-state index contributed by atoms with van der Waals surface area (Å²) < 4.78 is 5.09. The van der Waals surface area contributed by atoms with Crippen LogP contribution < -0.4 is 0 Å². The van der Waals surface area contributed by atoms with Gasteiger partial charge < -0.3 is 9.67 Å². The average molecular weight is 376 g/mol. The van der Waals surface area contributed by atoms with Gasteiger partial charge in [0.1, 0.15) is 0 Å². The Balaban J connectivity index is 1.87. The third kappa shape index (κ3) is 2.83. The molecule has 1 N–H and O–H groups in total.